The molecule has 16 aromatic rings. The summed E-state index contributed by atoms with van der Waals surface area (Å²) in [6.07, 6.45) is 4.90. The van der Waals surface area contributed by atoms with E-state index >= 15 is 0 Å². The van der Waals surface area contributed by atoms with Gasteiger partial charge in [0.15, 0.2) is 0 Å². The topological polar surface area (TPSA) is 52.6 Å². The fourth-order valence-electron chi connectivity index (χ4n) is 13.9. The minimum Gasteiger partial charge on any atom is -1.00 e. The second-order valence-corrected chi connectivity index (χ2v) is 23.8. The second-order valence-electron chi connectivity index (χ2n) is 23.8. The molecule has 1 aliphatic rings. The summed E-state index contributed by atoms with van der Waals surface area (Å²) in [5, 5.41) is 24.6. The maximum Gasteiger partial charge on any atom is 2.00 e. The fraction of sp³-hybridized carbons (Fsp3) is 0.0526. The maximum absolute atomic E-state index is 12.5. The summed E-state index contributed by atoms with van der Waals surface area (Å²) in [4.78, 5) is 12.5. The van der Waals surface area contributed by atoms with Crippen LogP contribution in [0.15, 0.2) is 233 Å². The van der Waals surface area contributed by atoms with Gasteiger partial charge in [-0.3, -0.25) is 0 Å². The van der Waals surface area contributed by atoms with E-state index in [9.17, 15) is 4.79 Å². The molecule has 14 aromatic carbocycles. The molecule has 0 atom stereocenters. The molecule has 0 amide bonds. The predicted molar refractivity (Wildman–Crippen MR) is 418 cm³/mol. The first-order chi connectivity index (χ1) is 48.2. The molecule has 0 saturated heterocycles. The maximum atomic E-state index is 12.5. The van der Waals surface area contributed by atoms with Crippen LogP contribution >= 0.6 is 0 Å². The van der Waals surface area contributed by atoms with Gasteiger partial charge in [0.2, 0.25) is 0 Å². The van der Waals surface area contributed by atoms with E-state index in [0.29, 0.717) is 5.56 Å². The molecule has 2 heterocycles. The van der Waals surface area contributed by atoms with Crippen molar-refractivity contribution in [2.24, 2.45) is 0 Å². The number of hydrogen-bond donors (Lipinski definition) is 0. The van der Waals surface area contributed by atoms with Gasteiger partial charge < -0.3 is 38.0 Å². The van der Waals surface area contributed by atoms with Crippen molar-refractivity contribution in [1.82, 2.24) is 0 Å². The molecule has 0 bridgehead atoms. The van der Waals surface area contributed by atoms with Crippen molar-refractivity contribution in [3.8, 4) is 141 Å². The number of rotatable bonds is 2. The van der Waals surface area contributed by atoms with E-state index in [1.165, 1.54) is 126 Å². The minimum absolute atomic E-state index is 0. The molecule has 0 fully saturated rings. The van der Waals surface area contributed by atoms with Crippen molar-refractivity contribution >= 4 is 159 Å². The first-order valence-electron chi connectivity index (χ1n) is 31.7. The Morgan fingerprint density at radius 3 is 1.27 bits per heavy atom. The smallest absolute Gasteiger partial charge is 1.00 e. The standard InChI is InChI=1S/C37H24O.C36H22O3.C21H4.CH3.BrH.Mg/c1-37(2)32-14-8-7-12-24(32)29-18-31-30-17-27-26-16-15-21-9-3-4-10-22(21)36(26)25-13-6-5-11-23(25)28(27)19-34(30)38-35(31)20-33(29)37;1-38-36(37)28-13-7-4-9-23(28)22-15-17-33-31(18-22)32-19-29-27-16-14-21-8-2-3-10-24(21)35(27)26-12-6-5-11-25(26)30(29)20-34(32)39-33;1-3-5-7-9-11-13-15-17-19-21-20-18-16-14-12-10-8-6-4-2;;;/h3-20H,1-2H3;2-20H,1H3;1H,2H3;1H3;1H;/q;;;-1;;+2/p-1. The number of halogens is 1. The fourth-order valence-corrected chi connectivity index (χ4v) is 13.9. The third-order valence-corrected chi connectivity index (χ3v) is 18.2. The van der Waals surface area contributed by atoms with Crippen LogP contribution in [0.2, 0.25) is 0 Å². The Hall–Kier alpha value is -12.9. The summed E-state index contributed by atoms with van der Waals surface area (Å²) in [6.45, 7) is 6.34. The van der Waals surface area contributed by atoms with Crippen LogP contribution in [0.25, 0.3) is 152 Å². The summed E-state index contributed by atoms with van der Waals surface area (Å²) >= 11 is 0. The van der Waals surface area contributed by atoms with Crippen molar-refractivity contribution in [2.45, 2.75) is 26.2 Å². The summed E-state index contributed by atoms with van der Waals surface area (Å²) in [5.74, 6) is 46.6. The zero-order valence-electron chi connectivity index (χ0n) is 55.7. The summed E-state index contributed by atoms with van der Waals surface area (Å²) in [6, 6.07) is 80.0. The molecule has 0 N–H and O–H groups in total. The quantitative estimate of drug-likeness (QED) is 0.0569. The van der Waals surface area contributed by atoms with E-state index in [1.54, 1.807) is 13.0 Å². The summed E-state index contributed by atoms with van der Waals surface area (Å²) in [7, 11) is 1.41. The Balaban J connectivity index is 0.000000148. The average molecular weight is 1360 g/mol. The van der Waals surface area contributed by atoms with Crippen molar-refractivity contribution < 1.29 is 35.3 Å². The Labute approximate surface area is 612 Å². The van der Waals surface area contributed by atoms with Gasteiger partial charge in [0.1, 0.15) is 22.3 Å². The Bertz CT molecular complexity index is 6880. The zero-order chi connectivity index (χ0) is 66.7. The predicted octanol–water partition coefficient (Wildman–Crippen LogP) is 17.9. The van der Waals surface area contributed by atoms with Gasteiger partial charge in [0, 0.05) is 38.8 Å². The van der Waals surface area contributed by atoms with Crippen molar-refractivity contribution in [2.75, 3.05) is 7.11 Å². The zero-order valence-corrected chi connectivity index (χ0v) is 58.7. The molecule has 0 saturated carbocycles. The monoisotopic (exact) mass is 1360 g/mol. The van der Waals surface area contributed by atoms with Crippen LogP contribution in [-0.2, 0) is 10.2 Å². The van der Waals surface area contributed by atoms with Gasteiger partial charge in [-0.25, -0.2) is 4.79 Å². The average Bonchev–Trinajstić information content (AvgIpc) is 1.70. The number of benzene rings is 14. The van der Waals surface area contributed by atoms with Crippen molar-refractivity contribution in [1.29, 1.82) is 0 Å². The van der Waals surface area contributed by atoms with E-state index < -0.39 is 0 Å². The van der Waals surface area contributed by atoms with E-state index in [1.807, 2.05) is 30.3 Å². The molecule has 2 aromatic heterocycles. The van der Waals surface area contributed by atoms with Crippen LogP contribution in [-0.4, -0.2) is 36.1 Å². The first-order valence-corrected chi connectivity index (χ1v) is 31.7. The number of terminal acetylenes is 1. The Morgan fingerprint density at radius 1 is 0.356 bits per heavy atom. The van der Waals surface area contributed by atoms with Gasteiger partial charge in [-0.1, -0.05) is 190 Å². The minimum atomic E-state index is -0.348. The van der Waals surface area contributed by atoms with Crippen LogP contribution in [0.3, 0.4) is 0 Å². The molecule has 0 unspecified atom stereocenters. The SMILES string of the molecule is C#CC#CC#CC#CC#CC#CC#CC#CC#CC#CC.CC1(C)c2ccccc2-c2cc3c(cc21)oc1cc2c4ccccc4c4c5ccccc5ccc4c2cc13.COC(=O)c1ccccc1-c1ccc2oc3cc4c5ccccc5c5c6ccccc6ccc5c4cc3c2c1.[Br-].[CH3-].[Mg+2]. The van der Waals surface area contributed by atoms with Gasteiger partial charge >= 0.3 is 29.0 Å². The summed E-state index contributed by atoms with van der Waals surface area (Å²) in [5.41, 5.74) is 11.3. The molecule has 6 heteroatoms. The van der Waals surface area contributed by atoms with Gasteiger partial charge in [-0.2, -0.15) is 0 Å². The van der Waals surface area contributed by atoms with Crippen LogP contribution in [0, 0.1) is 126 Å². The van der Waals surface area contributed by atoms with Gasteiger partial charge in [0.05, 0.1) is 12.7 Å². The molecule has 0 spiro atoms. The number of furan rings is 2. The van der Waals surface area contributed by atoms with Crippen LogP contribution in [0.5, 0.6) is 0 Å². The molecule has 4 nitrogen and oxygen atoms in total. The van der Waals surface area contributed by atoms with Crippen molar-refractivity contribution in [3.05, 3.63) is 249 Å². The van der Waals surface area contributed by atoms with Crippen LogP contribution in [0.4, 0.5) is 0 Å². The molecule has 466 valence electrons. The van der Waals surface area contributed by atoms with Gasteiger partial charge in [-0.15, -0.1) is 6.42 Å². The van der Waals surface area contributed by atoms with Gasteiger partial charge in [0.25, 0.3) is 0 Å². The summed E-state index contributed by atoms with van der Waals surface area (Å²) < 4.78 is 18.0. The first kappa shape index (κ1) is 68.0. The van der Waals surface area contributed by atoms with Crippen LogP contribution < -0.4 is 17.0 Å². The number of carbonyl (C=O) groups excluding carboxylic acids is 1. The third kappa shape index (κ3) is 12.6. The Morgan fingerprint density at radius 2 is 0.752 bits per heavy atom. The number of ether oxygens (including phenoxy) is 1. The second kappa shape index (κ2) is 29.4. The number of carbonyl (C=O) groups is 1. The van der Waals surface area contributed by atoms with E-state index in [4.69, 9.17) is 20.0 Å². The number of hydrogen-bond acceptors (Lipinski definition) is 4. The van der Waals surface area contributed by atoms with Gasteiger partial charge in [-0.05, 0) is 276 Å². The van der Waals surface area contributed by atoms with E-state index in [-0.39, 0.29) is 58.8 Å². The normalized spacial score (nSPS) is 10.7. The molecule has 0 radical (unpaired) electrons. The number of esters is 1. The molecule has 1 aliphatic carbocycles. The molecular weight excluding hydrogens is 1310 g/mol. The number of fused-ring (bicyclic) bond motifs is 25. The molecule has 101 heavy (non-hydrogen) atoms. The van der Waals surface area contributed by atoms with E-state index in [0.717, 1.165) is 44.2 Å². The molecule has 0 aliphatic heterocycles. The number of methoxy groups -OCH3 is 1. The van der Waals surface area contributed by atoms with Crippen molar-refractivity contribution in [3.63, 3.8) is 0 Å². The molecular formula is C95H53BrMgO4. The third-order valence-electron chi connectivity index (χ3n) is 18.2. The largest absolute Gasteiger partial charge is 2.00 e. The Kier molecular flexibility index (Phi) is 19.8. The van der Waals surface area contributed by atoms with E-state index in [2.05, 4.69) is 314 Å². The van der Waals surface area contributed by atoms with Crippen LogP contribution in [0.1, 0.15) is 42.3 Å². The molecule has 17 rings (SSSR count).